The Bertz CT molecular complexity index is 1090. The number of furan rings is 1. The van der Waals surface area contributed by atoms with Crippen LogP contribution < -0.4 is 14.8 Å². The van der Waals surface area contributed by atoms with Crippen molar-refractivity contribution in [2.75, 3.05) is 18.4 Å². The molecule has 0 aliphatic rings. The predicted octanol–water partition coefficient (Wildman–Crippen LogP) is 3.76. The summed E-state index contributed by atoms with van der Waals surface area (Å²) < 4.78 is 38.3. The molecule has 2 aromatic carbocycles. The molecular formula is C22H24N2O5S. The smallest absolute Gasteiger partial charge is 0.261 e. The third-order valence-electron chi connectivity index (χ3n) is 4.58. The van der Waals surface area contributed by atoms with Gasteiger partial charge < -0.3 is 14.5 Å². The lowest BCUT2D eigenvalue weighted by molar-refractivity contribution is 0.0953. The van der Waals surface area contributed by atoms with Crippen LogP contribution >= 0.6 is 0 Å². The van der Waals surface area contributed by atoms with Crippen molar-refractivity contribution in [1.82, 2.24) is 5.32 Å². The summed E-state index contributed by atoms with van der Waals surface area (Å²) >= 11 is 0. The lowest BCUT2D eigenvalue weighted by atomic mass is 10.1. The number of aryl methyl sites for hydroxylation is 2. The van der Waals surface area contributed by atoms with Crippen molar-refractivity contribution in [2.24, 2.45) is 0 Å². The number of nitrogens with one attached hydrogen (secondary N) is 2. The van der Waals surface area contributed by atoms with E-state index in [1.165, 1.54) is 25.3 Å². The summed E-state index contributed by atoms with van der Waals surface area (Å²) in [6, 6.07) is 14.7. The van der Waals surface area contributed by atoms with Crippen LogP contribution in [-0.4, -0.2) is 28.0 Å². The molecule has 1 aromatic heterocycles. The maximum atomic E-state index is 12.7. The topological polar surface area (TPSA) is 97.6 Å². The highest BCUT2D eigenvalue weighted by molar-refractivity contribution is 7.92. The minimum atomic E-state index is -3.80. The number of rotatable bonds is 9. The first kappa shape index (κ1) is 21.4. The second-order valence-electron chi connectivity index (χ2n) is 6.75. The molecule has 0 aliphatic heterocycles. The summed E-state index contributed by atoms with van der Waals surface area (Å²) in [5, 5.41) is 2.84. The number of hydrogen-bond acceptors (Lipinski definition) is 5. The van der Waals surface area contributed by atoms with E-state index in [-0.39, 0.29) is 10.8 Å². The van der Waals surface area contributed by atoms with Crippen LogP contribution in [0.15, 0.2) is 70.2 Å². The quantitative estimate of drug-likeness (QED) is 0.506. The molecule has 0 fully saturated rings. The molecule has 8 heteroatoms. The van der Waals surface area contributed by atoms with Gasteiger partial charge in [-0.1, -0.05) is 6.07 Å². The largest absolute Gasteiger partial charge is 0.497 e. The third kappa shape index (κ3) is 5.42. The number of benzene rings is 2. The highest BCUT2D eigenvalue weighted by Crippen LogP contribution is 2.22. The normalized spacial score (nSPS) is 11.1. The Kier molecular flexibility index (Phi) is 6.79. The second-order valence-corrected chi connectivity index (χ2v) is 8.43. The fraction of sp³-hybridized carbons (Fsp3) is 0.227. The molecule has 0 saturated carbocycles. The minimum Gasteiger partial charge on any atom is -0.497 e. The van der Waals surface area contributed by atoms with Gasteiger partial charge in [0.1, 0.15) is 11.5 Å². The summed E-state index contributed by atoms with van der Waals surface area (Å²) in [7, 11) is -2.28. The summed E-state index contributed by atoms with van der Waals surface area (Å²) in [4.78, 5) is 12.6. The lowest BCUT2D eigenvalue weighted by Crippen LogP contribution is -2.25. The number of methoxy groups -OCH3 is 1. The Labute approximate surface area is 176 Å². The average Bonchev–Trinajstić information content (AvgIpc) is 3.26. The zero-order valence-corrected chi connectivity index (χ0v) is 17.7. The molecule has 1 heterocycles. The van der Waals surface area contributed by atoms with Gasteiger partial charge in [0.25, 0.3) is 15.9 Å². The maximum Gasteiger partial charge on any atom is 0.261 e. The zero-order valence-electron chi connectivity index (χ0n) is 16.8. The summed E-state index contributed by atoms with van der Waals surface area (Å²) in [6.07, 6.45) is 3.09. The molecule has 0 aliphatic carbocycles. The number of anilines is 1. The number of hydrogen-bond donors (Lipinski definition) is 2. The molecule has 0 atom stereocenters. The van der Waals surface area contributed by atoms with Crippen LogP contribution in [0.5, 0.6) is 5.75 Å². The highest BCUT2D eigenvalue weighted by atomic mass is 32.2. The monoisotopic (exact) mass is 428 g/mol. The molecule has 0 radical (unpaired) electrons. The fourth-order valence-electron chi connectivity index (χ4n) is 2.85. The van der Waals surface area contributed by atoms with Gasteiger partial charge in [-0.25, -0.2) is 8.42 Å². The number of sulfonamides is 1. The summed E-state index contributed by atoms with van der Waals surface area (Å²) in [5.74, 6) is 1.17. The Morgan fingerprint density at radius 1 is 1.10 bits per heavy atom. The van der Waals surface area contributed by atoms with Crippen molar-refractivity contribution in [1.29, 1.82) is 0 Å². The van der Waals surface area contributed by atoms with Crippen LogP contribution in [0.25, 0.3) is 0 Å². The molecule has 3 aromatic rings. The molecule has 0 unspecified atom stereocenters. The van der Waals surface area contributed by atoms with E-state index in [1.54, 1.807) is 37.5 Å². The van der Waals surface area contributed by atoms with Crippen LogP contribution in [-0.2, 0) is 16.4 Å². The van der Waals surface area contributed by atoms with Crippen molar-refractivity contribution < 1.29 is 22.4 Å². The first-order valence-electron chi connectivity index (χ1n) is 9.47. The SMILES string of the molecule is COc1ccc(S(=O)(=O)Nc2cc(C(=O)NCCCc3ccco3)ccc2C)cc1. The van der Waals surface area contributed by atoms with Gasteiger partial charge in [-0.2, -0.15) is 0 Å². The first-order valence-corrected chi connectivity index (χ1v) is 11.0. The molecule has 7 nitrogen and oxygen atoms in total. The maximum absolute atomic E-state index is 12.7. The molecule has 0 bridgehead atoms. The Morgan fingerprint density at radius 2 is 1.87 bits per heavy atom. The van der Waals surface area contributed by atoms with Crippen molar-refractivity contribution in [3.05, 3.63) is 77.7 Å². The molecule has 158 valence electrons. The van der Waals surface area contributed by atoms with Crippen molar-refractivity contribution in [2.45, 2.75) is 24.7 Å². The van der Waals surface area contributed by atoms with Gasteiger partial charge in [0.05, 0.1) is 24.0 Å². The van der Waals surface area contributed by atoms with Gasteiger partial charge in [0, 0.05) is 18.5 Å². The van der Waals surface area contributed by atoms with Crippen LogP contribution in [0.4, 0.5) is 5.69 Å². The summed E-state index contributed by atoms with van der Waals surface area (Å²) in [6.45, 7) is 2.26. The Hall–Kier alpha value is -3.26. The predicted molar refractivity (Wildman–Crippen MR) is 114 cm³/mol. The minimum absolute atomic E-state index is 0.107. The molecule has 3 rings (SSSR count). The van der Waals surface area contributed by atoms with Gasteiger partial charge in [-0.05, 0) is 67.4 Å². The highest BCUT2D eigenvalue weighted by Gasteiger charge is 2.17. The van der Waals surface area contributed by atoms with Gasteiger partial charge in [0.2, 0.25) is 0 Å². The lowest BCUT2D eigenvalue weighted by Gasteiger charge is -2.13. The molecule has 0 saturated heterocycles. The van der Waals surface area contributed by atoms with Gasteiger partial charge in [-0.15, -0.1) is 0 Å². The van der Waals surface area contributed by atoms with E-state index in [4.69, 9.17) is 9.15 Å². The van der Waals surface area contributed by atoms with E-state index < -0.39 is 10.0 Å². The second kappa shape index (κ2) is 9.49. The van der Waals surface area contributed by atoms with E-state index in [0.717, 1.165) is 18.6 Å². The van der Waals surface area contributed by atoms with Crippen LogP contribution in [0, 0.1) is 6.92 Å². The number of carbonyl (C=O) groups is 1. The van der Waals surface area contributed by atoms with Gasteiger partial charge >= 0.3 is 0 Å². The van der Waals surface area contributed by atoms with Crippen LogP contribution in [0.2, 0.25) is 0 Å². The van der Waals surface area contributed by atoms with Crippen molar-refractivity contribution >= 4 is 21.6 Å². The zero-order chi connectivity index (χ0) is 21.6. The standard InChI is InChI=1S/C22H24N2O5S/c1-16-7-8-17(22(25)23-13-3-5-19-6-4-14-29-19)15-21(16)24-30(26,27)20-11-9-18(28-2)10-12-20/h4,6-12,14-15,24H,3,5,13H2,1-2H3,(H,23,25). The number of ether oxygens (including phenoxy) is 1. The number of carbonyl (C=O) groups excluding carboxylic acids is 1. The Morgan fingerprint density at radius 3 is 2.53 bits per heavy atom. The third-order valence-corrected chi connectivity index (χ3v) is 5.96. The fourth-order valence-corrected chi connectivity index (χ4v) is 3.97. The molecule has 1 amide bonds. The number of amides is 1. The Balaban J connectivity index is 1.65. The average molecular weight is 429 g/mol. The van der Waals surface area contributed by atoms with E-state index in [9.17, 15) is 13.2 Å². The van der Waals surface area contributed by atoms with E-state index in [1.807, 2.05) is 12.1 Å². The molecule has 30 heavy (non-hydrogen) atoms. The molecular weight excluding hydrogens is 404 g/mol. The van der Waals surface area contributed by atoms with Crippen molar-refractivity contribution in [3.8, 4) is 5.75 Å². The van der Waals surface area contributed by atoms with Crippen LogP contribution in [0.1, 0.15) is 28.1 Å². The van der Waals surface area contributed by atoms with E-state index in [2.05, 4.69) is 10.0 Å². The summed E-state index contributed by atoms with van der Waals surface area (Å²) in [5.41, 5.74) is 1.45. The molecule has 2 N–H and O–H groups in total. The first-order chi connectivity index (χ1) is 14.4. The van der Waals surface area contributed by atoms with E-state index in [0.29, 0.717) is 29.1 Å². The van der Waals surface area contributed by atoms with Crippen molar-refractivity contribution in [3.63, 3.8) is 0 Å². The van der Waals surface area contributed by atoms with E-state index >= 15 is 0 Å². The van der Waals surface area contributed by atoms with Gasteiger partial charge in [0.15, 0.2) is 0 Å². The molecule has 0 spiro atoms. The van der Waals surface area contributed by atoms with Gasteiger partial charge in [-0.3, -0.25) is 9.52 Å². The van der Waals surface area contributed by atoms with Crippen LogP contribution in [0.3, 0.4) is 0 Å².